The fourth-order valence-corrected chi connectivity index (χ4v) is 3.33. The van der Waals surface area contributed by atoms with Crippen molar-refractivity contribution < 1.29 is 9.59 Å². The molecule has 3 rings (SSSR count). The van der Waals surface area contributed by atoms with Crippen LogP contribution in [0.25, 0.3) is 0 Å². The minimum Gasteiger partial charge on any atom is -0.325 e. The number of carbonyl (C=O) groups is 2. The van der Waals surface area contributed by atoms with E-state index in [0.29, 0.717) is 6.42 Å². The van der Waals surface area contributed by atoms with Crippen LogP contribution in [0.15, 0.2) is 54.6 Å². The summed E-state index contributed by atoms with van der Waals surface area (Å²) in [5, 5.41) is 3.03. The number of rotatable bonds is 6. The lowest BCUT2D eigenvalue weighted by atomic mass is 9.93. The molecule has 2 amide bonds. The Bertz CT molecular complexity index is 743. The molecular weight excluding hydrogens is 312 g/mol. The predicted octanol–water partition coefficient (Wildman–Crippen LogP) is 4.34. The molecule has 1 aliphatic heterocycles. The van der Waals surface area contributed by atoms with Gasteiger partial charge in [-0.15, -0.1) is 0 Å². The summed E-state index contributed by atoms with van der Waals surface area (Å²) in [4.78, 5) is 26.5. The zero-order valence-corrected chi connectivity index (χ0v) is 14.6. The Labute approximate surface area is 148 Å². The molecule has 2 aromatic carbocycles. The lowest BCUT2D eigenvalue weighted by molar-refractivity contribution is -0.118. The van der Waals surface area contributed by atoms with Gasteiger partial charge < -0.3 is 10.2 Å². The summed E-state index contributed by atoms with van der Waals surface area (Å²) in [5.41, 5.74) is 2.62. The second-order valence-corrected chi connectivity index (χ2v) is 6.44. The van der Waals surface area contributed by atoms with Crippen molar-refractivity contribution in [2.24, 2.45) is 0 Å². The van der Waals surface area contributed by atoms with Gasteiger partial charge in [0.2, 0.25) is 11.8 Å². The summed E-state index contributed by atoms with van der Waals surface area (Å²) in [6, 6.07) is 17.4. The number of carbonyl (C=O) groups excluding carboxylic acids is 2. The highest BCUT2D eigenvalue weighted by Gasteiger charge is 2.23. The summed E-state index contributed by atoms with van der Waals surface area (Å²) in [6.07, 6.45) is 3.24. The number of nitrogens with zero attached hydrogens (tertiary/aromatic N) is 1. The average molecular weight is 336 g/mol. The van der Waals surface area contributed by atoms with Crippen LogP contribution in [0.1, 0.15) is 44.1 Å². The lowest BCUT2D eigenvalue weighted by Gasteiger charge is -2.19. The molecule has 25 heavy (non-hydrogen) atoms. The highest BCUT2D eigenvalue weighted by molar-refractivity contribution is 5.98. The first kappa shape index (κ1) is 17.2. The van der Waals surface area contributed by atoms with Crippen LogP contribution in [0.4, 0.5) is 11.4 Å². The summed E-state index contributed by atoms with van der Waals surface area (Å²) in [7, 11) is 0. The molecule has 130 valence electrons. The molecule has 0 bridgehead atoms. The first-order chi connectivity index (χ1) is 12.2. The van der Waals surface area contributed by atoms with E-state index in [-0.39, 0.29) is 17.7 Å². The van der Waals surface area contributed by atoms with E-state index in [1.54, 1.807) is 4.90 Å². The smallest absolute Gasteiger partial charge is 0.231 e. The number of hydrogen-bond acceptors (Lipinski definition) is 2. The first-order valence-corrected chi connectivity index (χ1v) is 8.95. The molecule has 1 N–H and O–H groups in total. The van der Waals surface area contributed by atoms with Gasteiger partial charge in [0.25, 0.3) is 0 Å². The maximum Gasteiger partial charge on any atom is 0.231 e. The van der Waals surface area contributed by atoms with Gasteiger partial charge in [-0.1, -0.05) is 49.7 Å². The molecule has 0 saturated carbocycles. The summed E-state index contributed by atoms with van der Waals surface area (Å²) in [5.74, 6) is -0.0159. The fraction of sp³-hybridized carbons (Fsp3) is 0.333. The van der Waals surface area contributed by atoms with Gasteiger partial charge in [-0.3, -0.25) is 9.59 Å². The van der Waals surface area contributed by atoms with Gasteiger partial charge >= 0.3 is 0 Å². The average Bonchev–Trinajstić information content (AvgIpc) is 3.06. The van der Waals surface area contributed by atoms with E-state index in [1.807, 2.05) is 54.6 Å². The Morgan fingerprint density at radius 3 is 2.64 bits per heavy atom. The maximum atomic E-state index is 12.8. The number of nitrogens with one attached hydrogen (secondary N) is 1. The van der Waals surface area contributed by atoms with Crippen molar-refractivity contribution in [3.63, 3.8) is 0 Å². The monoisotopic (exact) mass is 336 g/mol. The number of benzene rings is 2. The topological polar surface area (TPSA) is 49.4 Å². The highest BCUT2D eigenvalue weighted by atomic mass is 16.2. The van der Waals surface area contributed by atoms with Gasteiger partial charge in [-0.2, -0.15) is 0 Å². The summed E-state index contributed by atoms with van der Waals surface area (Å²) in [6.45, 7) is 2.83. The van der Waals surface area contributed by atoms with Crippen LogP contribution in [0, 0.1) is 0 Å². The Kier molecular flexibility index (Phi) is 5.49. The maximum absolute atomic E-state index is 12.8. The van der Waals surface area contributed by atoms with Gasteiger partial charge in [-0.05, 0) is 36.6 Å². The SMILES string of the molecule is CCC[C@@H](C(=O)Nc1cccc(N2CCCC2=O)c1)c1ccccc1. The van der Waals surface area contributed by atoms with Crippen molar-refractivity contribution in [3.05, 3.63) is 60.2 Å². The van der Waals surface area contributed by atoms with Gasteiger partial charge in [0.1, 0.15) is 0 Å². The minimum absolute atomic E-state index is 0.00190. The van der Waals surface area contributed by atoms with Crippen LogP contribution in [0.5, 0.6) is 0 Å². The quantitative estimate of drug-likeness (QED) is 0.853. The lowest BCUT2D eigenvalue weighted by Crippen LogP contribution is -2.24. The van der Waals surface area contributed by atoms with Crippen LogP contribution in [-0.4, -0.2) is 18.4 Å². The van der Waals surface area contributed by atoms with E-state index in [1.165, 1.54) is 0 Å². The Morgan fingerprint density at radius 1 is 1.16 bits per heavy atom. The molecule has 2 aromatic rings. The third kappa shape index (κ3) is 4.08. The van der Waals surface area contributed by atoms with E-state index in [2.05, 4.69) is 12.2 Å². The second kappa shape index (κ2) is 7.97. The second-order valence-electron chi connectivity index (χ2n) is 6.44. The predicted molar refractivity (Wildman–Crippen MR) is 101 cm³/mol. The van der Waals surface area contributed by atoms with Crippen LogP contribution < -0.4 is 10.2 Å². The fourth-order valence-electron chi connectivity index (χ4n) is 3.33. The Balaban J connectivity index is 1.76. The van der Waals surface area contributed by atoms with Crippen molar-refractivity contribution in [1.82, 2.24) is 0 Å². The van der Waals surface area contributed by atoms with Gasteiger partial charge in [-0.25, -0.2) is 0 Å². The molecule has 0 aromatic heterocycles. The van der Waals surface area contributed by atoms with E-state index < -0.39 is 0 Å². The first-order valence-electron chi connectivity index (χ1n) is 8.95. The van der Waals surface area contributed by atoms with E-state index in [4.69, 9.17) is 0 Å². The normalized spacial score (nSPS) is 15.2. The zero-order chi connectivity index (χ0) is 17.6. The van der Waals surface area contributed by atoms with E-state index in [0.717, 1.165) is 42.7 Å². The highest BCUT2D eigenvalue weighted by Crippen LogP contribution is 2.27. The Hall–Kier alpha value is -2.62. The van der Waals surface area contributed by atoms with Gasteiger partial charge in [0.05, 0.1) is 5.92 Å². The van der Waals surface area contributed by atoms with Crippen LogP contribution in [0.3, 0.4) is 0 Å². The molecule has 4 heteroatoms. The van der Waals surface area contributed by atoms with Gasteiger partial charge in [0, 0.05) is 24.3 Å². The van der Waals surface area contributed by atoms with Gasteiger partial charge in [0.15, 0.2) is 0 Å². The summed E-state index contributed by atoms with van der Waals surface area (Å²) >= 11 is 0. The molecule has 1 atom stereocenters. The van der Waals surface area contributed by atoms with Crippen LogP contribution in [-0.2, 0) is 9.59 Å². The molecule has 0 radical (unpaired) electrons. The standard InChI is InChI=1S/C21H24N2O2/c1-2-8-19(16-9-4-3-5-10-16)21(25)22-17-11-6-12-18(15-17)23-14-7-13-20(23)24/h3-6,9-12,15,19H,2,7-8,13-14H2,1H3,(H,22,25)/t19-/m1/s1. The van der Waals surface area contributed by atoms with Crippen LogP contribution >= 0.6 is 0 Å². The summed E-state index contributed by atoms with van der Waals surface area (Å²) < 4.78 is 0. The minimum atomic E-state index is -0.164. The molecule has 0 aliphatic carbocycles. The van der Waals surface area contributed by atoms with Crippen molar-refractivity contribution >= 4 is 23.2 Å². The molecule has 1 saturated heterocycles. The molecule has 0 spiro atoms. The number of amides is 2. The Morgan fingerprint density at radius 2 is 1.96 bits per heavy atom. The zero-order valence-electron chi connectivity index (χ0n) is 14.6. The molecule has 1 fully saturated rings. The number of anilines is 2. The van der Waals surface area contributed by atoms with E-state index >= 15 is 0 Å². The third-order valence-electron chi connectivity index (χ3n) is 4.59. The van der Waals surface area contributed by atoms with E-state index in [9.17, 15) is 9.59 Å². The van der Waals surface area contributed by atoms with Crippen molar-refractivity contribution in [2.45, 2.75) is 38.5 Å². The molecule has 4 nitrogen and oxygen atoms in total. The van der Waals surface area contributed by atoms with Crippen LogP contribution in [0.2, 0.25) is 0 Å². The molecule has 0 unspecified atom stereocenters. The van der Waals surface area contributed by atoms with Crippen molar-refractivity contribution in [1.29, 1.82) is 0 Å². The van der Waals surface area contributed by atoms with Crippen molar-refractivity contribution in [2.75, 3.05) is 16.8 Å². The number of hydrogen-bond donors (Lipinski definition) is 1. The third-order valence-corrected chi connectivity index (χ3v) is 4.59. The molecule has 1 heterocycles. The molecule has 1 aliphatic rings. The molecular formula is C21H24N2O2. The largest absolute Gasteiger partial charge is 0.325 e. The van der Waals surface area contributed by atoms with Crippen molar-refractivity contribution in [3.8, 4) is 0 Å².